The molecule has 0 aliphatic carbocycles. The molecule has 2 aromatic rings. The first-order valence-electron chi connectivity index (χ1n) is 10.0. The maximum atomic E-state index is 12.8. The zero-order valence-electron chi connectivity index (χ0n) is 16.3. The van der Waals surface area contributed by atoms with E-state index >= 15 is 0 Å². The minimum Gasteiger partial charge on any atom is -0.372 e. The van der Waals surface area contributed by atoms with Gasteiger partial charge in [-0.2, -0.15) is 0 Å². The highest BCUT2D eigenvalue weighted by atomic mass is 35.5. The molecule has 2 aliphatic rings. The molecule has 0 unspecified atom stereocenters. The van der Waals surface area contributed by atoms with Crippen molar-refractivity contribution in [3.8, 4) is 0 Å². The summed E-state index contributed by atoms with van der Waals surface area (Å²) in [4.78, 5) is 17.4. The molecule has 1 amide bonds. The van der Waals surface area contributed by atoms with E-state index in [2.05, 4.69) is 46.2 Å². The van der Waals surface area contributed by atoms with Crippen LogP contribution in [0.3, 0.4) is 0 Å². The van der Waals surface area contributed by atoms with Crippen LogP contribution < -0.4 is 0 Å². The lowest BCUT2D eigenvalue weighted by atomic mass is 9.89. The third-order valence-corrected chi connectivity index (χ3v) is 6.20. The highest BCUT2D eigenvalue weighted by Crippen LogP contribution is 2.45. The van der Waals surface area contributed by atoms with E-state index < -0.39 is 0 Å². The molecule has 2 saturated heterocycles. The molecule has 4 nitrogen and oxygen atoms in total. The van der Waals surface area contributed by atoms with Crippen molar-refractivity contribution in [2.24, 2.45) is 11.8 Å². The first-order valence-corrected chi connectivity index (χ1v) is 10.4. The summed E-state index contributed by atoms with van der Waals surface area (Å²) < 4.78 is 5.41. The van der Waals surface area contributed by atoms with Crippen molar-refractivity contribution in [3.05, 3.63) is 70.7 Å². The van der Waals surface area contributed by atoms with Gasteiger partial charge in [0.25, 0.3) is 0 Å². The standard InChI is InChI=1S/C23H27ClN2O2/c1-2-28-16-22(27)26-14-19-13-25(12-17-8-10-20(24)11-9-17)15-21(19)23(26)18-6-4-3-5-7-18/h3-11,19,21,23H,2,12-16H2,1H3/t19-,21-,23+/m0/s1. The number of rotatable bonds is 6. The molecular weight excluding hydrogens is 372 g/mol. The summed E-state index contributed by atoms with van der Waals surface area (Å²) in [6.45, 7) is 6.44. The lowest BCUT2D eigenvalue weighted by molar-refractivity contribution is -0.137. The van der Waals surface area contributed by atoms with E-state index in [0.29, 0.717) is 18.4 Å². The van der Waals surface area contributed by atoms with Gasteiger partial charge in [-0.05, 0) is 36.1 Å². The van der Waals surface area contributed by atoms with Gasteiger partial charge >= 0.3 is 0 Å². The second-order valence-electron chi connectivity index (χ2n) is 7.78. The first kappa shape index (κ1) is 19.4. The predicted octanol–water partition coefficient (Wildman–Crippen LogP) is 4.01. The Morgan fingerprint density at radius 3 is 2.54 bits per heavy atom. The van der Waals surface area contributed by atoms with Crippen molar-refractivity contribution in [2.45, 2.75) is 19.5 Å². The minimum absolute atomic E-state index is 0.106. The highest BCUT2D eigenvalue weighted by molar-refractivity contribution is 6.30. The van der Waals surface area contributed by atoms with Crippen molar-refractivity contribution in [3.63, 3.8) is 0 Å². The highest BCUT2D eigenvalue weighted by Gasteiger charge is 2.48. The Morgan fingerprint density at radius 1 is 1.07 bits per heavy atom. The maximum Gasteiger partial charge on any atom is 0.249 e. The van der Waals surface area contributed by atoms with Crippen molar-refractivity contribution in [1.29, 1.82) is 0 Å². The van der Waals surface area contributed by atoms with Gasteiger partial charge in [-0.3, -0.25) is 9.69 Å². The van der Waals surface area contributed by atoms with Crippen LogP contribution in [0.5, 0.6) is 0 Å². The topological polar surface area (TPSA) is 32.8 Å². The largest absolute Gasteiger partial charge is 0.372 e. The number of benzene rings is 2. The Balaban J connectivity index is 1.50. The number of amides is 1. The van der Waals surface area contributed by atoms with E-state index in [-0.39, 0.29) is 18.6 Å². The molecule has 0 spiro atoms. The van der Waals surface area contributed by atoms with Crippen molar-refractivity contribution in [1.82, 2.24) is 9.80 Å². The Morgan fingerprint density at radius 2 is 1.82 bits per heavy atom. The van der Waals surface area contributed by atoms with Crippen molar-refractivity contribution in [2.75, 3.05) is 32.8 Å². The molecule has 0 N–H and O–H groups in total. The first-order chi connectivity index (χ1) is 13.7. The van der Waals surface area contributed by atoms with Gasteiger partial charge in [0.15, 0.2) is 0 Å². The Bertz CT molecular complexity index is 796. The fourth-order valence-electron chi connectivity index (χ4n) is 4.72. The molecule has 2 fully saturated rings. The summed E-state index contributed by atoms with van der Waals surface area (Å²) >= 11 is 6.01. The molecule has 5 heteroatoms. The second kappa shape index (κ2) is 8.64. The van der Waals surface area contributed by atoms with Crippen molar-refractivity contribution < 1.29 is 9.53 Å². The van der Waals surface area contributed by atoms with Gasteiger partial charge in [-0.25, -0.2) is 0 Å². The van der Waals surface area contributed by atoms with E-state index in [1.165, 1.54) is 11.1 Å². The van der Waals surface area contributed by atoms with Crippen LogP contribution in [-0.2, 0) is 16.1 Å². The normalized spacial score (nSPS) is 24.5. The smallest absolute Gasteiger partial charge is 0.249 e. The molecule has 4 rings (SSSR count). The third kappa shape index (κ3) is 4.09. The SMILES string of the molecule is CCOCC(=O)N1C[C@@H]2CN(Cc3ccc(Cl)cc3)C[C@@H]2[C@H]1c1ccccc1. The van der Waals surface area contributed by atoms with Crippen molar-refractivity contribution >= 4 is 17.5 Å². The predicted molar refractivity (Wildman–Crippen MR) is 111 cm³/mol. The lowest BCUT2D eigenvalue weighted by Crippen LogP contribution is -2.37. The molecule has 148 valence electrons. The molecule has 0 saturated carbocycles. The summed E-state index contributed by atoms with van der Waals surface area (Å²) in [5.74, 6) is 1.07. The van der Waals surface area contributed by atoms with Crippen LogP contribution in [0.2, 0.25) is 5.02 Å². The van der Waals surface area contributed by atoms with Crippen LogP contribution >= 0.6 is 11.6 Å². The lowest BCUT2D eigenvalue weighted by Gasteiger charge is -2.30. The van der Waals surface area contributed by atoms with E-state index in [0.717, 1.165) is 31.2 Å². The fourth-order valence-corrected chi connectivity index (χ4v) is 4.85. The van der Waals surface area contributed by atoms with Gasteiger partial charge in [0.1, 0.15) is 6.61 Å². The quantitative estimate of drug-likeness (QED) is 0.737. The minimum atomic E-state index is 0.106. The van der Waals surface area contributed by atoms with E-state index in [1.54, 1.807) is 0 Å². The number of fused-ring (bicyclic) bond motifs is 1. The molecule has 0 bridgehead atoms. The van der Waals surface area contributed by atoms with Gasteiger partial charge in [-0.15, -0.1) is 0 Å². The van der Waals surface area contributed by atoms with Gasteiger partial charge < -0.3 is 9.64 Å². The molecular formula is C23H27ClN2O2. The van der Waals surface area contributed by atoms with Gasteiger partial charge in [0.2, 0.25) is 5.91 Å². The number of likely N-dealkylation sites (tertiary alicyclic amines) is 2. The Hall–Kier alpha value is -1.88. The number of ether oxygens (including phenoxy) is 1. The zero-order chi connectivity index (χ0) is 19.5. The number of halogens is 1. The van der Waals surface area contributed by atoms with E-state index in [9.17, 15) is 4.79 Å². The summed E-state index contributed by atoms with van der Waals surface area (Å²) in [7, 11) is 0. The second-order valence-corrected chi connectivity index (χ2v) is 8.22. The molecule has 0 aromatic heterocycles. The van der Waals surface area contributed by atoms with Gasteiger partial charge in [0, 0.05) is 43.7 Å². The molecule has 3 atom stereocenters. The van der Waals surface area contributed by atoms with E-state index in [4.69, 9.17) is 16.3 Å². The number of carbonyl (C=O) groups excluding carboxylic acids is 1. The van der Waals surface area contributed by atoms with Gasteiger partial charge in [-0.1, -0.05) is 54.1 Å². The van der Waals surface area contributed by atoms with Crippen LogP contribution in [0.4, 0.5) is 0 Å². The summed E-state index contributed by atoms with van der Waals surface area (Å²) in [6, 6.07) is 18.7. The fraction of sp³-hybridized carbons (Fsp3) is 0.435. The monoisotopic (exact) mass is 398 g/mol. The van der Waals surface area contributed by atoms with Crippen LogP contribution in [0.1, 0.15) is 24.1 Å². The number of nitrogens with zero attached hydrogens (tertiary/aromatic N) is 2. The molecule has 2 aromatic carbocycles. The van der Waals surface area contributed by atoms with Crippen LogP contribution in [-0.4, -0.2) is 48.6 Å². The third-order valence-electron chi connectivity index (χ3n) is 5.95. The summed E-state index contributed by atoms with van der Waals surface area (Å²) in [6.07, 6.45) is 0. The average Bonchev–Trinajstić information content (AvgIpc) is 3.25. The molecule has 28 heavy (non-hydrogen) atoms. The Kier molecular flexibility index (Phi) is 6.00. The number of carbonyl (C=O) groups is 1. The summed E-state index contributed by atoms with van der Waals surface area (Å²) in [5, 5.41) is 0.773. The number of hydrogen-bond acceptors (Lipinski definition) is 3. The molecule has 2 aliphatic heterocycles. The maximum absolute atomic E-state index is 12.8. The van der Waals surface area contributed by atoms with Crippen LogP contribution in [0.25, 0.3) is 0 Å². The average molecular weight is 399 g/mol. The summed E-state index contributed by atoms with van der Waals surface area (Å²) in [5.41, 5.74) is 2.51. The Labute approximate surface area is 172 Å². The van der Waals surface area contributed by atoms with Crippen LogP contribution in [0.15, 0.2) is 54.6 Å². The number of hydrogen-bond donors (Lipinski definition) is 0. The van der Waals surface area contributed by atoms with Gasteiger partial charge in [0.05, 0.1) is 6.04 Å². The molecule has 2 heterocycles. The van der Waals surface area contributed by atoms with E-state index in [1.807, 2.05) is 25.1 Å². The zero-order valence-corrected chi connectivity index (χ0v) is 17.0. The molecule has 0 radical (unpaired) electrons. The van der Waals surface area contributed by atoms with Crippen LogP contribution in [0, 0.1) is 11.8 Å².